The number of aryl methyl sites for hydroxylation is 1. The molecular formula is C20H21FN4O2S. The van der Waals surface area contributed by atoms with Gasteiger partial charge >= 0.3 is 0 Å². The zero-order chi connectivity index (χ0) is 19.9. The molecule has 0 saturated heterocycles. The quantitative estimate of drug-likeness (QED) is 0.464. The molecule has 1 N–H and O–H groups in total. The van der Waals surface area contributed by atoms with E-state index in [-0.39, 0.29) is 17.5 Å². The standard InChI is InChI=1S/C20H21FN4O2S/c1-14-6-5-7-15(12-14)27-11-10-22-18(26)13-28-20-24-23-19(25(20)2)16-8-3-4-9-17(16)21/h3-9,12H,10-11,13H2,1-2H3,(H,22,26). The van der Waals surface area contributed by atoms with Crippen molar-refractivity contribution in [1.82, 2.24) is 20.1 Å². The Balaban J connectivity index is 1.45. The molecule has 0 spiro atoms. The van der Waals surface area contributed by atoms with Crippen LogP contribution < -0.4 is 10.1 Å². The van der Waals surface area contributed by atoms with E-state index < -0.39 is 0 Å². The van der Waals surface area contributed by atoms with Gasteiger partial charge in [0.25, 0.3) is 0 Å². The Kier molecular flexibility index (Phi) is 6.65. The first-order chi connectivity index (χ1) is 13.5. The number of ether oxygens (including phenoxy) is 1. The molecular weight excluding hydrogens is 379 g/mol. The summed E-state index contributed by atoms with van der Waals surface area (Å²) >= 11 is 1.25. The summed E-state index contributed by atoms with van der Waals surface area (Å²) in [6.45, 7) is 2.80. The van der Waals surface area contributed by atoms with Crippen molar-refractivity contribution in [2.75, 3.05) is 18.9 Å². The van der Waals surface area contributed by atoms with Crippen molar-refractivity contribution in [3.05, 3.63) is 59.9 Å². The summed E-state index contributed by atoms with van der Waals surface area (Å²) in [5.41, 5.74) is 1.50. The monoisotopic (exact) mass is 400 g/mol. The first kappa shape index (κ1) is 19.9. The molecule has 0 aliphatic heterocycles. The number of amides is 1. The molecule has 1 heterocycles. The molecule has 0 fully saturated rings. The van der Waals surface area contributed by atoms with Gasteiger partial charge in [-0.3, -0.25) is 4.79 Å². The summed E-state index contributed by atoms with van der Waals surface area (Å²) in [4.78, 5) is 12.0. The van der Waals surface area contributed by atoms with Crippen LogP contribution in [-0.4, -0.2) is 39.6 Å². The number of carbonyl (C=O) groups excluding carboxylic acids is 1. The van der Waals surface area contributed by atoms with Crippen LogP contribution >= 0.6 is 11.8 Å². The molecule has 0 unspecified atom stereocenters. The number of benzene rings is 2. The van der Waals surface area contributed by atoms with Gasteiger partial charge in [0.05, 0.1) is 17.9 Å². The molecule has 0 bridgehead atoms. The number of thioether (sulfide) groups is 1. The second kappa shape index (κ2) is 9.36. The minimum Gasteiger partial charge on any atom is -0.492 e. The number of carbonyl (C=O) groups is 1. The van der Waals surface area contributed by atoms with Gasteiger partial charge in [0.15, 0.2) is 11.0 Å². The number of nitrogens with one attached hydrogen (secondary N) is 1. The van der Waals surface area contributed by atoms with Crippen LogP contribution in [0.2, 0.25) is 0 Å². The normalized spacial score (nSPS) is 10.7. The second-order valence-corrected chi connectivity index (χ2v) is 7.09. The predicted octanol–water partition coefficient (Wildman–Crippen LogP) is 3.22. The molecule has 28 heavy (non-hydrogen) atoms. The zero-order valence-electron chi connectivity index (χ0n) is 15.7. The Bertz CT molecular complexity index is 961. The smallest absolute Gasteiger partial charge is 0.230 e. The van der Waals surface area contributed by atoms with Gasteiger partial charge in [-0.2, -0.15) is 0 Å². The van der Waals surface area contributed by atoms with Crippen molar-refractivity contribution < 1.29 is 13.9 Å². The lowest BCUT2D eigenvalue weighted by Gasteiger charge is -2.08. The predicted molar refractivity (Wildman–Crippen MR) is 107 cm³/mol. The second-order valence-electron chi connectivity index (χ2n) is 6.15. The van der Waals surface area contributed by atoms with Crippen LogP contribution in [-0.2, 0) is 11.8 Å². The molecule has 146 valence electrons. The summed E-state index contributed by atoms with van der Waals surface area (Å²) in [6.07, 6.45) is 0. The third-order valence-corrected chi connectivity index (χ3v) is 4.98. The Morgan fingerprint density at radius 2 is 2.04 bits per heavy atom. The first-order valence-corrected chi connectivity index (χ1v) is 9.76. The molecule has 0 saturated carbocycles. The molecule has 6 nitrogen and oxygen atoms in total. The molecule has 1 amide bonds. The molecule has 8 heteroatoms. The maximum Gasteiger partial charge on any atom is 0.230 e. The Hall–Kier alpha value is -2.87. The fourth-order valence-electron chi connectivity index (χ4n) is 2.56. The Morgan fingerprint density at radius 1 is 1.21 bits per heavy atom. The van der Waals surface area contributed by atoms with E-state index in [0.717, 1.165) is 11.3 Å². The van der Waals surface area contributed by atoms with Gasteiger partial charge < -0.3 is 14.6 Å². The van der Waals surface area contributed by atoms with Crippen molar-refractivity contribution in [2.24, 2.45) is 7.05 Å². The van der Waals surface area contributed by atoms with Crippen LogP contribution in [0.5, 0.6) is 5.75 Å². The van der Waals surface area contributed by atoms with Gasteiger partial charge in [-0.15, -0.1) is 10.2 Å². The lowest BCUT2D eigenvalue weighted by Crippen LogP contribution is -2.29. The maximum atomic E-state index is 13.9. The highest BCUT2D eigenvalue weighted by atomic mass is 32.2. The molecule has 2 aromatic carbocycles. The van der Waals surface area contributed by atoms with Crippen LogP contribution in [0.4, 0.5) is 4.39 Å². The van der Waals surface area contributed by atoms with Gasteiger partial charge in [-0.1, -0.05) is 36.0 Å². The van der Waals surface area contributed by atoms with Crippen molar-refractivity contribution >= 4 is 17.7 Å². The lowest BCUT2D eigenvalue weighted by molar-refractivity contribution is -0.118. The Labute approximate surface area is 167 Å². The molecule has 0 atom stereocenters. The SMILES string of the molecule is Cc1cccc(OCCNC(=O)CSc2nnc(-c3ccccc3F)n2C)c1. The van der Waals surface area contributed by atoms with E-state index in [1.54, 1.807) is 29.8 Å². The summed E-state index contributed by atoms with van der Waals surface area (Å²) in [5.74, 6) is 0.901. The van der Waals surface area contributed by atoms with Crippen molar-refractivity contribution in [2.45, 2.75) is 12.1 Å². The van der Waals surface area contributed by atoms with Gasteiger partial charge in [-0.25, -0.2) is 4.39 Å². The fourth-order valence-corrected chi connectivity index (χ4v) is 3.30. The van der Waals surface area contributed by atoms with Crippen LogP contribution in [0.15, 0.2) is 53.7 Å². The Morgan fingerprint density at radius 3 is 2.82 bits per heavy atom. The van der Waals surface area contributed by atoms with E-state index in [2.05, 4.69) is 15.5 Å². The van der Waals surface area contributed by atoms with Crippen molar-refractivity contribution in [3.8, 4) is 17.1 Å². The molecule has 0 aliphatic carbocycles. The van der Waals surface area contributed by atoms with Gasteiger partial charge in [0.2, 0.25) is 5.91 Å². The highest BCUT2D eigenvalue weighted by Crippen LogP contribution is 2.24. The van der Waals surface area contributed by atoms with E-state index in [4.69, 9.17) is 4.74 Å². The number of aromatic nitrogens is 3. The van der Waals surface area contributed by atoms with E-state index in [1.165, 1.54) is 17.8 Å². The van der Waals surface area contributed by atoms with Gasteiger partial charge in [0, 0.05) is 7.05 Å². The number of nitrogens with zero attached hydrogens (tertiary/aromatic N) is 3. The van der Waals surface area contributed by atoms with Crippen LogP contribution in [0.3, 0.4) is 0 Å². The average Bonchev–Trinajstić information content (AvgIpc) is 3.04. The summed E-state index contributed by atoms with van der Waals surface area (Å²) in [7, 11) is 1.75. The van der Waals surface area contributed by atoms with Crippen LogP contribution in [0, 0.1) is 12.7 Å². The number of hydrogen-bond acceptors (Lipinski definition) is 5. The molecule has 0 radical (unpaired) electrons. The zero-order valence-corrected chi connectivity index (χ0v) is 16.5. The molecule has 1 aromatic heterocycles. The first-order valence-electron chi connectivity index (χ1n) is 8.78. The maximum absolute atomic E-state index is 13.9. The topological polar surface area (TPSA) is 69.0 Å². The van der Waals surface area contributed by atoms with Crippen molar-refractivity contribution in [1.29, 1.82) is 0 Å². The minimum absolute atomic E-state index is 0.131. The summed E-state index contributed by atoms with van der Waals surface area (Å²) in [5, 5.41) is 11.4. The number of halogens is 1. The van der Waals surface area contributed by atoms with Crippen LogP contribution in [0.25, 0.3) is 11.4 Å². The third kappa shape index (κ3) is 5.10. The lowest BCUT2D eigenvalue weighted by atomic mass is 10.2. The largest absolute Gasteiger partial charge is 0.492 e. The third-order valence-electron chi connectivity index (χ3n) is 3.96. The average molecular weight is 400 g/mol. The van der Waals surface area contributed by atoms with Crippen LogP contribution in [0.1, 0.15) is 5.56 Å². The van der Waals surface area contributed by atoms with E-state index in [9.17, 15) is 9.18 Å². The van der Waals surface area contributed by atoms with E-state index in [1.807, 2.05) is 31.2 Å². The summed E-state index contributed by atoms with van der Waals surface area (Å²) in [6, 6.07) is 14.1. The number of rotatable bonds is 8. The highest BCUT2D eigenvalue weighted by molar-refractivity contribution is 7.99. The van der Waals surface area contributed by atoms with Gasteiger partial charge in [0.1, 0.15) is 18.2 Å². The van der Waals surface area contributed by atoms with E-state index in [0.29, 0.717) is 29.7 Å². The van der Waals surface area contributed by atoms with Gasteiger partial charge in [-0.05, 0) is 36.8 Å². The number of hydrogen-bond donors (Lipinski definition) is 1. The molecule has 3 aromatic rings. The van der Waals surface area contributed by atoms with E-state index >= 15 is 0 Å². The molecule has 0 aliphatic rings. The fraction of sp³-hybridized carbons (Fsp3) is 0.250. The summed E-state index contributed by atoms with van der Waals surface area (Å²) < 4.78 is 21.2. The molecule has 3 rings (SSSR count). The minimum atomic E-state index is -0.360. The highest BCUT2D eigenvalue weighted by Gasteiger charge is 2.15. The van der Waals surface area contributed by atoms with Crippen molar-refractivity contribution in [3.63, 3.8) is 0 Å².